The first-order valence-electron chi connectivity index (χ1n) is 6.68. The Balaban J connectivity index is 1.85. The SMILES string of the molecule is Cc1cccnc1-c1ccc2oc(-c3cccs3)nc2c1. The van der Waals surface area contributed by atoms with Gasteiger partial charge in [0.1, 0.15) is 5.52 Å². The molecule has 0 fully saturated rings. The van der Waals surface area contributed by atoms with Gasteiger partial charge in [0.05, 0.1) is 10.6 Å². The largest absolute Gasteiger partial charge is 0.435 e. The van der Waals surface area contributed by atoms with Crippen molar-refractivity contribution in [2.45, 2.75) is 6.92 Å². The maximum absolute atomic E-state index is 5.81. The van der Waals surface area contributed by atoms with E-state index >= 15 is 0 Å². The van der Waals surface area contributed by atoms with E-state index in [0.717, 1.165) is 32.8 Å². The number of pyridine rings is 1. The molecule has 0 aliphatic heterocycles. The molecule has 3 heterocycles. The van der Waals surface area contributed by atoms with Gasteiger partial charge < -0.3 is 4.42 Å². The molecule has 1 aromatic carbocycles. The molecule has 3 aromatic heterocycles. The zero-order valence-corrected chi connectivity index (χ0v) is 12.2. The second-order valence-electron chi connectivity index (χ2n) is 4.85. The quantitative estimate of drug-likeness (QED) is 0.526. The van der Waals surface area contributed by atoms with E-state index < -0.39 is 0 Å². The number of hydrogen-bond donors (Lipinski definition) is 0. The molecular weight excluding hydrogens is 280 g/mol. The van der Waals surface area contributed by atoms with E-state index in [1.807, 2.05) is 48.0 Å². The molecule has 0 spiro atoms. The molecule has 0 bridgehead atoms. The van der Waals surface area contributed by atoms with E-state index in [-0.39, 0.29) is 0 Å². The third kappa shape index (κ3) is 2.14. The fourth-order valence-corrected chi connectivity index (χ4v) is 3.02. The Kier molecular flexibility index (Phi) is 2.82. The molecule has 0 atom stereocenters. The van der Waals surface area contributed by atoms with Gasteiger partial charge in [-0.25, -0.2) is 4.98 Å². The van der Waals surface area contributed by atoms with Crippen molar-refractivity contribution in [2.24, 2.45) is 0 Å². The van der Waals surface area contributed by atoms with Crippen LogP contribution in [-0.2, 0) is 0 Å². The van der Waals surface area contributed by atoms with Gasteiger partial charge in [-0.2, -0.15) is 0 Å². The van der Waals surface area contributed by atoms with Crippen molar-refractivity contribution in [3.63, 3.8) is 0 Å². The van der Waals surface area contributed by atoms with Crippen molar-refractivity contribution in [1.82, 2.24) is 9.97 Å². The number of aryl methyl sites for hydroxylation is 1. The minimum atomic E-state index is 0.676. The molecule has 0 aliphatic rings. The van der Waals surface area contributed by atoms with Gasteiger partial charge in [0, 0.05) is 11.8 Å². The molecular formula is C17H12N2OS. The van der Waals surface area contributed by atoms with Crippen LogP contribution in [0.4, 0.5) is 0 Å². The second kappa shape index (κ2) is 4.82. The summed E-state index contributed by atoms with van der Waals surface area (Å²) in [4.78, 5) is 10.1. The van der Waals surface area contributed by atoms with Crippen LogP contribution in [0.1, 0.15) is 5.56 Å². The summed E-state index contributed by atoms with van der Waals surface area (Å²) in [5, 5.41) is 2.02. The van der Waals surface area contributed by atoms with Crippen molar-refractivity contribution in [1.29, 1.82) is 0 Å². The van der Waals surface area contributed by atoms with Crippen molar-refractivity contribution in [2.75, 3.05) is 0 Å². The van der Waals surface area contributed by atoms with E-state index in [4.69, 9.17) is 4.42 Å². The summed E-state index contributed by atoms with van der Waals surface area (Å²) in [5.41, 5.74) is 4.86. The predicted molar refractivity (Wildman–Crippen MR) is 85.3 cm³/mol. The standard InChI is InChI=1S/C17H12N2OS/c1-11-4-2-8-18-16(11)12-6-7-14-13(10-12)19-17(20-14)15-5-3-9-21-15/h2-10H,1H3. The summed E-state index contributed by atoms with van der Waals surface area (Å²) in [6.07, 6.45) is 1.81. The predicted octanol–water partition coefficient (Wildman–Crippen LogP) is 4.93. The van der Waals surface area contributed by atoms with Crippen LogP contribution >= 0.6 is 11.3 Å². The smallest absolute Gasteiger partial charge is 0.237 e. The van der Waals surface area contributed by atoms with E-state index in [2.05, 4.69) is 23.0 Å². The molecule has 0 saturated carbocycles. The summed E-state index contributed by atoms with van der Waals surface area (Å²) in [6.45, 7) is 2.06. The minimum Gasteiger partial charge on any atom is -0.435 e. The lowest BCUT2D eigenvalue weighted by atomic mass is 10.1. The molecule has 0 aliphatic carbocycles. The Morgan fingerprint density at radius 3 is 2.86 bits per heavy atom. The third-order valence-electron chi connectivity index (χ3n) is 3.40. The number of nitrogens with zero attached hydrogens (tertiary/aromatic N) is 2. The molecule has 102 valence electrons. The highest BCUT2D eigenvalue weighted by atomic mass is 32.1. The van der Waals surface area contributed by atoms with E-state index in [1.54, 1.807) is 11.3 Å². The Bertz CT molecular complexity index is 910. The highest BCUT2D eigenvalue weighted by molar-refractivity contribution is 7.13. The zero-order chi connectivity index (χ0) is 14.2. The molecule has 21 heavy (non-hydrogen) atoms. The molecule has 0 N–H and O–H groups in total. The number of hydrogen-bond acceptors (Lipinski definition) is 4. The number of benzene rings is 1. The monoisotopic (exact) mass is 292 g/mol. The van der Waals surface area contributed by atoms with Crippen LogP contribution in [0.2, 0.25) is 0 Å². The minimum absolute atomic E-state index is 0.676. The first kappa shape index (κ1) is 12.3. The van der Waals surface area contributed by atoms with Crippen molar-refractivity contribution in [3.8, 4) is 22.0 Å². The average molecular weight is 292 g/mol. The molecule has 0 unspecified atom stereocenters. The lowest BCUT2D eigenvalue weighted by molar-refractivity contribution is 0.621. The summed E-state index contributed by atoms with van der Waals surface area (Å²) in [6, 6.07) is 14.0. The summed E-state index contributed by atoms with van der Waals surface area (Å²) < 4.78 is 5.81. The average Bonchev–Trinajstić information content (AvgIpc) is 3.16. The molecule has 0 radical (unpaired) electrons. The topological polar surface area (TPSA) is 38.9 Å². The van der Waals surface area contributed by atoms with Crippen molar-refractivity contribution >= 4 is 22.4 Å². The molecule has 0 saturated heterocycles. The highest BCUT2D eigenvalue weighted by Gasteiger charge is 2.11. The first-order valence-corrected chi connectivity index (χ1v) is 7.56. The Morgan fingerprint density at radius 1 is 1.10 bits per heavy atom. The van der Waals surface area contributed by atoms with Crippen LogP contribution in [0, 0.1) is 6.92 Å². The molecule has 3 nitrogen and oxygen atoms in total. The number of fused-ring (bicyclic) bond motifs is 1. The lowest BCUT2D eigenvalue weighted by Gasteiger charge is -2.03. The third-order valence-corrected chi connectivity index (χ3v) is 4.26. The van der Waals surface area contributed by atoms with E-state index in [1.165, 1.54) is 0 Å². The van der Waals surface area contributed by atoms with Crippen LogP contribution in [0.25, 0.3) is 33.1 Å². The summed E-state index contributed by atoms with van der Waals surface area (Å²) >= 11 is 1.63. The van der Waals surface area contributed by atoms with E-state index in [0.29, 0.717) is 5.89 Å². The normalized spacial score (nSPS) is 11.1. The summed E-state index contributed by atoms with van der Waals surface area (Å²) in [7, 11) is 0. The van der Waals surface area contributed by atoms with Gasteiger partial charge >= 0.3 is 0 Å². The first-order chi connectivity index (χ1) is 10.3. The van der Waals surface area contributed by atoms with Gasteiger partial charge in [-0.3, -0.25) is 4.98 Å². The molecule has 0 amide bonds. The van der Waals surface area contributed by atoms with Crippen LogP contribution < -0.4 is 0 Å². The maximum Gasteiger partial charge on any atom is 0.237 e. The van der Waals surface area contributed by atoms with Gasteiger partial charge in [0.15, 0.2) is 5.58 Å². The summed E-state index contributed by atoms with van der Waals surface area (Å²) in [5.74, 6) is 0.676. The van der Waals surface area contributed by atoms with Crippen LogP contribution in [0.5, 0.6) is 0 Å². The van der Waals surface area contributed by atoms with Crippen LogP contribution in [0.15, 0.2) is 58.5 Å². The van der Waals surface area contributed by atoms with Gasteiger partial charge in [0.25, 0.3) is 0 Å². The molecule has 4 rings (SSSR count). The number of thiophene rings is 1. The number of aromatic nitrogens is 2. The Morgan fingerprint density at radius 2 is 2.05 bits per heavy atom. The number of rotatable bonds is 2. The van der Waals surface area contributed by atoms with Crippen LogP contribution in [-0.4, -0.2) is 9.97 Å². The zero-order valence-electron chi connectivity index (χ0n) is 11.4. The van der Waals surface area contributed by atoms with Gasteiger partial charge in [-0.1, -0.05) is 12.1 Å². The van der Waals surface area contributed by atoms with Gasteiger partial charge in [-0.05, 0) is 48.2 Å². The Hall–Kier alpha value is -2.46. The van der Waals surface area contributed by atoms with Gasteiger partial charge in [0.2, 0.25) is 5.89 Å². The molecule has 4 heteroatoms. The molecule has 4 aromatic rings. The fraction of sp³-hybridized carbons (Fsp3) is 0.0588. The van der Waals surface area contributed by atoms with Crippen LogP contribution in [0.3, 0.4) is 0 Å². The maximum atomic E-state index is 5.81. The fourth-order valence-electron chi connectivity index (χ4n) is 2.37. The van der Waals surface area contributed by atoms with E-state index in [9.17, 15) is 0 Å². The highest BCUT2D eigenvalue weighted by Crippen LogP contribution is 2.30. The van der Waals surface area contributed by atoms with Crippen molar-refractivity contribution < 1.29 is 4.42 Å². The Labute approximate surface area is 125 Å². The van der Waals surface area contributed by atoms with Gasteiger partial charge in [-0.15, -0.1) is 11.3 Å². The van der Waals surface area contributed by atoms with Crippen molar-refractivity contribution in [3.05, 3.63) is 59.6 Å². The second-order valence-corrected chi connectivity index (χ2v) is 5.80. The lowest BCUT2D eigenvalue weighted by Crippen LogP contribution is -1.86. The number of oxazole rings is 1.